The normalized spacial score (nSPS) is 22.4. The molecule has 104 valence electrons. The van der Waals surface area contributed by atoms with Crippen molar-refractivity contribution in [3.05, 3.63) is 52.8 Å². The minimum Gasteiger partial charge on any atom is -0.477 e. The number of carbonyl (C=O) groups is 2. The molecule has 0 saturated carbocycles. The molecule has 1 amide bonds. The Morgan fingerprint density at radius 2 is 2.29 bits per heavy atom. The first-order valence-corrected chi connectivity index (χ1v) is 7.18. The third-order valence-corrected chi connectivity index (χ3v) is 4.53. The summed E-state index contributed by atoms with van der Waals surface area (Å²) >= 11 is 1.33. The molecule has 0 bridgehead atoms. The zero-order valence-electron chi connectivity index (χ0n) is 10.6. The molecule has 1 saturated heterocycles. The molecule has 4 rings (SSSR count). The van der Waals surface area contributed by atoms with Gasteiger partial charge in [0.1, 0.15) is 11.1 Å². The number of aromatic nitrogens is 2. The van der Waals surface area contributed by atoms with Crippen LogP contribution in [0, 0.1) is 0 Å². The summed E-state index contributed by atoms with van der Waals surface area (Å²) in [5, 5.41) is 14.6. The third-order valence-electron chi connectivity index (χ3n) is 3.45. The summed E-state index contributed by atoms with van der Waals surface area (Å²) < 4.78 is 1.73. The van der Waals surface area contributed by atoms with Crippen LogP contribution >= 0.6 is 11.8 Å². The molecule has 1 N–H and O–H groups in total. The fourth-order valence-corrected chi connectivity index (χ4v) is 3.57. The van der Waals surface area contributed by atoms with Crippen LogP contribution in [-0.2, 0) is 9.59 Å². The minimum atomic E-state index is -1.08. The maximum atomic E-state index is 12.1. The largest absolute Gasteiger partial charge is 0.477 e. The molecule has 2 aliphatic rings. The molecule has 1 atom stereocenters. The predicted molar refractivity (Wildman–Crippen MR) is 77.1 cm³/mol. The third kappa shape index (κ3) is 1.71. The number of carboxylic acid groups (broad SMARTS) is 1. The van der Waals surface area contributed by atoms with Crippen molar-refractivity contribution in [2.45, 2.75) is 5.37 Å². The number of fused-ring (bicyclic) bond motifs is 2. The van der Waals surface area contributed by atoms with Crippen LogP contribution in [0.4, 0.5) is 0 Å². The van der Waals surface area contributed by atoms with Gasteiger partial charge in [-0.05, 0) is 24.3 Å². The molecule has 0 aliphatic carbocycles. The second-order valence-corrected chi connectivity index (χ2v) is 5.67. The molecule has 21 heavy (non-hydrogen) atoms. The smallest absolute Gasteiger partial charge is 0.353 e. The highest BCUT2D eigenvalue weighted by Crippen LogP contribution is 2.44. The number of β-lactam (4-membered cyclic amide) rings is 1. The van der Waals surface area contributed by atoms with Gasteiger partial charge in [-0.2, -0.15) is 5.10 Å². The van der Waals surface area contributed by atoms with Crippen LogP contribution in [0.25, 0.3) is 11.6 Å². The molecule has 1 fully saturated rings. The van der Waals surface area contributed by atoms with E-state index in [4.69, 9.17) is 5.11 Å². The van der Waals surface area contributed by atoms with Gasteiger partial charge in [-0.1, -0.05) is 6.07 Å². The van der Waals surface area contributed by atoms with Gasteiger partial charge in [0, 0.05) is 11.6 Å². The second-order valence-electron chi connectivity index (χ2n) is 4.71. The number of nitrogens with zero attached hydrogens (tertiary/aromatic N) is 3. The first-order valence-electron chi connectivity index (χ1n) is 6.23. The Hall–Kier alpha value is -2.54. The van der Waals surface area contributed by atoms with Gasteiger partial charge in [-0.25, -0.2) is 9.31 Å². The number of hydrogen-bond acceptors (Lipinski definition) is 4. The van der Waals surface area contributed by atoms with Crippen LogP contribution in [0.5, 0.6) is 0 Å². The molecule has 6 nitrogen and oxygen atoms in total. The lowest BCUT2D eigenvalue weighted by Crippen LogP contribution is -2.51. The number of carbonyl (C=O) groups excluding carboxylic acids is 1. The van der Waals surface area contributed by atoms with Crippen molar-refractivity contribution >= 4 is 35.2 Å². The lowest BCUT2D eigenvalue weighted by molar-refractivity contribution is -0.141. The van der Waals surface area contributed by atoms with Crippen molar-refractivity contribution in [2.24, 2.45) is 0 Å². The van der Waals surface area contributed by atoms with Crippen molar-refractivity contribution in [3.63, 3.8) is 0 Å². The molecular formula is C14H9N3O3S. The van der Waals surface area contributed by atoms with Crippen molar-refractivity contribution in [1.29, 1.82) is 0 Å². The zero-order valence-corrected chi connectivity index (χ0v) is 11.4. The maximum Gasteiger partial charge on any atom is 0.353 e. The molecular weight excluding hydrogens is 290 g/mol. The summed E-state index contributed by atoms with van der Waals surface area (Å²) in [4.78, 5) is 24.4. The highest BCUT2D eigenvalue weighted by molar-refractivity contribution is 8.03. The highest BCUT2D eigenvalue weighted by atomic mass is 32.2. The van der Waals surface area contributed by atoms with Gasteiger partial charge < -0.3 is 5.11 Å². The quantitative estimate of drug-likeness (QED) is 0.673. The van der Waals surface area contributed by atoms with Gasteiger partial charge in [0.2, 0.25) is 0 Å². The molecule has 2 aromatic rings. The first kappa shape index (κ1) is 12.2. The molecule has 4 heterocycles. The monoisotopic (exact) mass is 299 g/mol. The minimum absolute atomic E-state index is 0.0437. The number of rotatable bonds is 2. The Kier molecular flexibility index (Phi) is 2.46. The summed E-state index contributed by atoms with van der Waals surface area (Å²) in [6.45, 7) is 0. The summed E-state index contributed by atoms with van der Waals surface area (Å²) in [6.07, 6.45) is 3.56. The van der Waals surface area contributed by atoms with Gasteiger partial charge >= 0.3 is 5.97 Å². The van der Waals surface area contributed by atoms with E-state index >= 15 is 0 Å². The topological polar surface area (TPSA) is 74.9 Å². The van der Waals surface area contributed by atoms with E-state index in [0.717, 1.165) is 5.52 Å². The maximum absolute atomic E-state index is 12.1. The Bertz CT molecular complexity index is 819. The van der Waals surface area contributed by atoms with Crippen LogP contribution in [-0.4, -0.2) is 36.9 Å². The lowest BCUT2D eigenvalue weighted by atomic mass is 10.0. The number of carboxylic acids is 1. The molecule has 0 spiro atoms. The molecule has 2 aromatic heterocycles. The van der Waals surface area contributed by atoms with Crippen molar-refractivity contribution in [3.8, 4) is 0 Å². The van der Waals surface area contributed by atoms with E-state index in [0.29, 0.717) is 11.3 Å². The van der Waals surface area contributed by atoms with Crippen LogP contribution in [0.15, 0.2) is 47.1 Å². The van der Waals surface area contributed by atoms with Gasteiger partial charge in [-0.15, -0.1) is 11.8 Å². The number of thioether (sulfide) groups is 1. The Morgan fingerprint density at radius 1 is 1.43 bits per heavy atom. The Balaban J connectivity index is 1.67. The summed E-state index contributed by atoms with van der Waals surface area (Å²) in [6, 6.07) is 7.61. The number of aliphatic carboxylic acids is 1. The summed E-state index contributed by atoms with van der Waals surface area (Å²) in [7, 11) is 0. The van der Waals surface area contributed by atoms with Crippen molar-refractivity contribution in [1.82, 2.24) is 14.5 Å². The van der Waals surface area contributed by atoms with E-state index in [-0.39, 0.29) is 17.0 Å². The Morgan fingerprint density at radius 3 is 3.05 bits per heavy atom. The van der Waals surface area contributed by atoms with Crippen LogP contribution in [0.1, 0.15) is 5.69 Å². The molecule has 2 aliphatic heterocycles. The Labute approximate surface area is 123 Å². The average molecular weight is 299 g/mol. The van der Waals surface area contributed by atoms with E-state index in [9.17, 15) is 9.59 Å². The standard InChI is InChI=1S/C14H9N3O3S/c18-12-10(13-17(12)11(7-21-13)14(19)20)6-8-5-9-3-1-2-4-16(9)15-8/h1-7,13H,(H,19,20)/t13-/m0/s1. The van der Waals surface area contributed by atoms with Gasteiger partial charge in [0.05, 0.1) is 16.8 Å². The summed E-state index contributed by atoms with van der Waals surface area (Å²) in [5.74, 6) is -1.35. The van der Waals surface area contributed by atoms with Gasteiger partial charge in [-0.3, -0.25) is 9.69 Å². The highest BCUT2D eigenvalue weighted by Gasteiger charge is 2.49. The van der Waals surface area contributed by atoms with E-state index in [1.807, 2.05) is 30.5 Å². The van der Waals surface area contributed by atoms with E-state index in [1.165, 1.54) is 22.1 Å². The molecule has 0 aromatic carbocycles. The van der Waals surface area contributed by atoms with Crippen LogP contribution in [0.3, 0.4) is 0 Å². The molecule has 0 radical (unpaired) electrons. The zero-order chi connectivity index (χ0) is 14.6. The average Bonchev–Trinajstić information content (AvgIpc) is 3.05. The van der Waals surface area contributed by atoms with E-state index in [2.05, 4.69) is 5.10 Å². The van der Waals surface area contributed by atoms with Crippen LogP contribution in [0.2, 0.25) is 0 Å². The van der Waals surface area contributed by atoms with E-state index in [1.54, 1.807) is 10.6 Å². The number of amides is 1. The number of pyridine rings is 1. The van der Waals surface area contributed by atoms with E-state index < -0.39 is 5.97 Å². The fourth-order valence-electron chi connectivity index (χ4n) is 2.45. The van der Waals surface area contributed by atoms with Gasteiger partial charge in [0.25, 0.3) is 5.91 Å². The van der Waals surface area contributed by atoms with Crippen molar-refractivity contribution in [2.75, 3.05) is 0 Å². The van der Waals surface area contributed by atoms with Crippen molar-refractivity contribution < 1.29 is 14.7 Å². The van der Waals surface area contributed by atoms with Crippen LogP contribution < -0.4 is 0 Å². The first-order chi connectivity index (χ1) is 10.1. The SMILES string of the molecule is O=C(O)C1=CS[C@H]2C(=Cc3cc4ccccn4n3)C(=O)N12. The molecule has 0 unspecified atom stereocenters. The lowest BCUT2D eigenvalue weighted by Gasteiger charge is -2.36. The molecule has 7 heteroatoms. The van der Waals surface area contributed by atoms with Gasteiger partial charge in [0.15, 0.2) is 0 Å². The summed E-state index contributed by atoms with van der Waals surface area (Å²) in [5.41, 5.74) is 2.25. The predicted octanol–water partition coefficient (Wildman–Crippen LogP) is 1.56. The fraction of sp³-hybridized carbons (Fsp3) is 0.0714. The number of hydrogen-bond donors (Lipinski definition) is 1. The second kappa shape index (κ2) is 4.23.